The number of nitrogens with one attached hydrogen (secondary N) is 1. The number of thiophene rings is 1. The standard InChI is InChI=1S/C18H19N3O4S.CH4/c1-24-12-3-2-4-13(7-12)25-9-11-10-26-16-14(18(23)20-5-6-22)8-21-17(19)15(11)16;/h2-4,7-8,10,22H,5-6,9H2,1H3,(H2,19,21)(H,20,23);1H4. The zero-order valence-corrected chi connectivity index (χ0v) is 15.0. The number of aliphatic hydroxyl groups is 1. The van der Waals surface area contributed by atoms with Gasteiger partial charge in [-0.1, -0.05) is 13.5 Å². The van der Waals surface area contributed by atoms with Gasteiger partial charge in [-0.05, 0) is 17.5 Å². The Labute approximate surface area is 161 Å². The van der Waals surface area contributed by atoms with Crippen molar-refractivity contribution in [1.82, 2.24) is 10.3 Å². The van der Waals surface area contributed by atoms with Gasteiger partial charge in [-0.3, -0.25) is 4.79 Å². The van der Waals surface area contributed by atoms with E-state index in [-0.39, 0.29) is 26.5 Å². The number of anilines is 1. The van der Waals surface area contributed by atoms with Gasteiger partial charge in [0.2, 0.25) is 0 Å². The van der Waals surface area contributed by atoms with Gasteiger partial charge in [0.05, 0.1) is 24.0 Å². The molecule has 0 unspecified atom stereocenters. The van der Waals surface area contributed by atoms with Gasteiger partial charge in [0, 0.05) is 29.8 Å². The van der Waals surface area contributed by atoms with Gasteiger partial charge in [-0.15, -0.1) is 11.3 Å². The number of amides is 1. The van der Waals surface area contributed by atoms with Crippen molar-refractivity contribution in [2.45, 2.75) is 14.0 Å². The number of carbonyl (C=O) groups is 1. The molecule has 3 aromatic rings. The summed E-state index contributed by atoms with van der Waals surface area (Å²) in [7, 11) is 1.60. The summed E-state index contributed by atoms with van der Waals surface area (Å²) >= 11 is 1.41. The molecule has 1 amide bonds. The Balaban J connectivity index is 0.00000261. The fourth-order valence-electron chi connectivity index (χ4n) is 2.51. The lowest BCUT2D eigenvalue weighted by molar-refractivity contribution is 0.0946. The lowest BCUT2D eigenvalue weighted by atomic mass is 10.1. The van der Waals surface area contributed by atoms with Crippen molar-refractivity contribution in [2.24, 2.45) is 0 Å². The van der Waals surface area contributed by atoms with E-state index < -0.39 is 0 Å². The molecule has 2 aromatic heterocycles. The molecule has 0 fully saturated rings. The Hall–Kier alpha value is -2.84. The molecule has 1 aromatic carbocycles. The van der Waals surface area contributed by atoms with Crippen LogP contribution >= 0.6 is 11.3 Å². The number of aromatic nitrogens is 1. The van der Waals surface area contributed by atoms with Gasteiger partial charge >= 0.3 is 0 Å². The zero-order chi connectivity index (χ0) is 18.5. The van der Waals surface area contributed by atoms with Gasteiger partial charge < -0.3 is 25.6 Å². The molecule has 4 N–H and O–H groups in total. The molecule has 8 heteroatoms. The van der Waals surface area contributed by atoms with Crippen LogP contribution in [0.15, 0.2) is 35.8 Å². The minimum Gasteiger partial charge on any atom is -0.497 e. The first kappa shape index (κ1) is 20.5. The van der Waals surface area contributed by atoms with Crippen LogP contribution in [0, 0.1) is 0 Å². The number of hydrogen-bond acceptors (Lipinski definition) is 7. The molecule has 0 atom stereocenters. The van der Waals surface area contributed by atoms with E-state index in [0.29, 0.717) is 29.5 Å². The van der Waals surface area contributed by atoms with Crippen molar-refractivity contribution in [3.05, 3.63) is 47.0 Å². The van der Waals surface area contributed by atoms with Crippen molar-refractivity contribution < 1.29 is 19.4 Å². The highest BCUT2D eigenvalue weighted by Crippen LogP contribution is 2.33. The van der Waals surface area contributed by atoms with Gasteiger partial charge in [0.15, 0.2) is 0 Å². The van der Waals surface area contributed by atoms with E-state index >= 15 is 0 Å². The maximum absolute atomic E-state index is 12.2. The fraction of sp³-hybridized carbons (Fsp3) is 0.263. The molecule has 0 bridgehead atoms. The molecule has 0 radical (unpaired) electrons. The summed E-state index contributed by atoms with van der Waals surface area (Å²) in [5.74, 6) is 1.44. The highest BCUT2D eigenvalue weighted by Gasteiger charge is 2.17. The minimum absolute atomic E-state index is 0. The third-order valence-electron chi connectivity index (χ3n) is 3.78. The van der Waals surface area contributed by atoms with Crippen molar-refractivity contribution in [3.8, 4) is 11.5 Å². The second-order valence-electron chi connectivity index (χ2n) is 5.47. The molecule has 144 valence electrons. The number of nitrogens with two attached hydrogens (primary N) is 1. The van der Waals surface area contributed by atoms with E-state index in [1.54, 1.807) is 13.2 Å². The summed E-state index contributed by atoms with van der Waals surface area (Å²) < 4.78 is 11.8. The molecular formula is C19H23N3O4S. The molecule has 0 saturated carbocycles. The van der Waals surface area contributed by atoms with Crippen LogP contribution < -0.4 is 20.5 Å². The third-order valence-corrected chi connectivity index (χ3v) is 4.84. The first-order valence-corrected chi connectivity index (χ1v) is 8.82. The summed E-state index contributed by atoms with van der Waals surface area (Å²) in [6.07, 6.45) is 1.45. The summed E-state index contributed by atoms with van der Waals surface area (Å²) in [5.41, 5.74) is 7.32. The third kappa shape index (κ3) is 4.47. The normalized spacial score (nSPS) is 10.3. The van der Waals surface area contributed by atoms with E-state index in [4.69, 9.17) is 20.3 Å². The maximum atomic E-state index is 12.2. The number of benzene rings is 1. The molecule has 0 aliphatic rings. The summed E-state index contributed by atoms with van der Waals surface area (Å²) in [5, 5.41) is 14.1. The summed E-state index contributed by atoms with van der Waals surface area (Å²) in [6, 6.07) is 7.32. The zero-order valence-electron chi connectivity index (χ0n) is 14.2. The predicted molar refractivity (Wildman–Crippen MR) is 108 cm³/mol. The van der Waals surface area contributed by atoms with Crippen molar-refractivity contribution in [3.63, 3.8) is 0 Å². The molecule has 0 spiro atoms. The monoisotopic (exact) mass is 389 g/mol. The van der Waals surface area contributed by atoms with Crippen LogP contribution in [-0.2, 0) is 6.61 Å². The van der Waals surface area contributed by atoms with Gasteiger partial charge in [-0.2, -0.15) is 0 Å². The number of fused-ring (bicyclic) bond motifs is 1. The van der Waals surface area contributed by atoms with Crippen molar-refractivity contribution in [1.29, 1.82) is 0 Å². The van der Waals surface area contributed by atoms with Crippen LogP contribution in [0.25, 0.3) is 10.1 Å². The average molecular weight is 389 g/mol. The van der Waals surface area contributed by atoms with Gasteiger partial charge in [-0.25, -0.2) is 4.98 Å². The minimum atomic E-state index is -0.293. The second kappa shape index (κ2) is 9.20. The maximum Gasteiger partial charge on any atom is 0.254 e. The number of pyridine rings is 1. The number of carbonyl (C=O) groups excluding carboxylic acids is 1. The Morgan fingerprint density at radius 2 is 2.15 bits per heavy atom. The largest absolute Gasteiger partial charge is 0.497 e. The number of aliphatic hydroxyl groups excluding tert-OH is 1. The van der Waals surface area contributed by atoms with Gasteiger partial charge in [0.25, 0.3) is 5.91 Å². The van der Waals surface area contributed by atoms with E-state index in [2.05, 4.69) is 10.3 Å². The Kier molecular flexibility index (Phi) is 6.98. The number of nitrogen functional groups attached to an aromatic ring is 1. The lowest BCUT2D eigenvalue weighted by Gasteiger charge is -2.09. The van der Waals surface area contributed by atoms with Crippen LogP contribution in [0.1, 0.15) is 23.3 Å². The SMILES string of the molecule is C.COc1cccc(OCc2csc3c(C(=O)NCCO)cnc(N)c23)c1. The molecule has 3 rings (SSSR count). The van der Waals surface area contributed by atoms with Crippen LogP contribution in [0.4, 0.5) is 5.82 Å². The quantitative estimate of drug-likeness (QED) is 0.574. The van der Waals surface area contributed by atoms with Crippen LogP contribution in [-0.4, -0.2) is 36.3 Å². The summed E-state index contributed by atoms with van der Waals surface area (Å²) in [4.78, 5) is 16.4. The highest BCUT2D eigenvalue weighted by atomic mass is 32.1. The molecule has 0 aliphatic heterocycles. The number of nitrogens with zero attached hydrogens (tertiary/aromatic N) is 1. The highest BCUT2D eigenvalue weighted by molar-refractivity contribution is 7.17. The molecule has 2 heterocycles. The lowest BCUT2D eigenvalue weighted by Crippen LogP contribution is -2.26. The Morgan fingerprint density at radius 1 is 1.37 bits per heavy atom. The van der Waals surface area contributed by atoms with Crippen LogP contribution in [0.2, 0.25) is 0 Å². The Morgan fingerprint density at radius 3 is 2.89 bits per heavy atom. The molecule has 7 nitrogen and oxygen atoms in total. The summed E-state index contributed by atoms with van der Waals surface area (Å²) in [6.45, 7) is 0.351. The molecule has 0 saturated heterocycles. The van der Waals surface area contributed by atoms with E-state index in [1.165, 1.54) is 17.5 Å². The van der Waals surface area contributed by atoms with E-state index in [1.807, 2.05) is 23.6 Å². The van der Waals surface area contributed by atoms with E-state index in [0.717, 1.165) is 15.6 Å². The molecule has 27 heavy (non-hydrogen) atoms. The average Bonchev–Trinajstić information content (AvgIpc) is 3.10. The predicted octanol–water partition coefficient (Wildman–Crippen LogP) is 2.82. The van der Waals surface area contributed by atoms with Gasteiger partial charge in [0.1, 0.15) is 23.9 Å². The first-order valence-electron chi connectivity index (χ1n) is 7.94. The van der Waals surface area contributed by atoms with Crippen LogP contribution in [0.5, 0.6) is 11.5 Å². The molecule has 0 aliphatic carbocycles. The van der Waals surface area contributed by atoms with Crippen molar-refractivity contribution in [2.75, 3.05) is 26.0 Å². The van der Waals surface area contributed by atoms with Crippen LogP contribution in [0.3, 0.4) is 0 Å². The smallest absolute Gasteiger partial charge is 0.254 e. The second-order valence-corrected chi connectivity index (χ2v) is 6.35. The number of ether oxygens (including phenoxy) is 2. The Bertz CT molecular complexity index is 926. The van der Waals surface area contributed by atoms with Crippen molar-refractivity contribution >= 4 is 33.1 Å². The molecular weight excluding hydrogens is 366 g/mol. The number of rotatable bonds is 7. The number of methoxy groups -OCH3 is 1. The number of hydrogen-bond donors (Lipinski definition) is 3. The topological polar surface area (TPSA) is 107 Å². The first-order chi connectivity index (χ1) is 12.6. The van der Waals surface area contributed by atoms with E-state index in [9.17, 15) is 4.79 Å². The fourth-order valence-corrected chi connectivity index (χ4v) is 3.59.